The van der Waals surface area contributed by atoms with E-state index in [1.807, 2.05) is 24.5 Å². The Morgan fingerprint density at radius 1 is 1.33 bits per heavy atom. The smallest absolute Gasteiger partial charge is 0.131 e. The molecule has 3 rings (SSSR count). The van der Waals surface area contributed by atoms with Crippen molar-refractivity contribution in [2.45, 2.75) is 20.0 Å². The Balaban J connectivity index is 1.81. The van der Waals surface area contributed by atoms with Gasteiger partial charge in [0.15, 0.2) is 0 Å². The number of aromatic nitrogens is 3. The second-order valence-corrected chi connectivity index (χ2v) is 4.37. The first-order chi connectivity index (χ1) is 8.86. The number of pyridine rings is 1. The molecule has 5 heteroatoms. The van der Waals surface area contributed by atoms with Crippen molar-refractivity contribution in [3.05, 3.63) is 36.4 Å². The molecule has 0 fully saturated rings. The molecule has 0 atom stereocenters. The summed E-state index contributed by atoms with van der Waals surface area (Å²) in [6.07, 6.45) is 3.90. The first kappa shape index (κ1) is 11.1. The molecule has 2 aromatic heterocycles. The fourth-order valence-electron chi connectivity index (χ4n) is 2.25. The number of anilines is 2. The molecule has 0 saturated heterocycles. The van der Waals surface area contributed by atoms with Gasteiger partial charge in [-0.15, -0.1) is 0 Å². The molecule has 1 aliphatic heterocycles. The van der Waals surface area contributed by atoms with Gasteiger partial charge in [0.25, 0.3) is 0 Å². The van der Waals surface area contributed by atoms with Crippen molar-refractivity contribution in [1.82, 2.24) is 14.5 Å². The van der Waals surface area contributed by atoms with Crippen molar-refractivity contribution < 1.29 is 0 Å². The monoisotopic (exact) mass is 243 g/mol. The van der Waals surface area contributed by atoms with Crippen LogP contribution < -0.4 is 10.2 Å². The van der Waals surface area contributed by atoms with E-state index in [4.69, 9.17) is 0 Å². The van der Waals surface area contributed by atoms with Gasteiger partial charge in [-0.05, 0) is 19.1 Å². The van der Waals surface area contributed by atoms with Gasteiger partial charge in [0.05, 0.1) is 6.54 Å². The zero-order valence-electron chi connectivity index (χ0n) is 10.5. The molecular weight excluding hydrogens is 226 g/mol. The van der Waals surface area contributed by atoms with E-state index in [0.29, 0.717) is 0 Å². The Morgan fingerprint density at radius 3 is 3.17 bits per heavy atom. The van der Waals surface area contributed by atoms with Gasteiger partial charge in [0, 0.05) is 32.0 Å². The molecule has 0 aliphatic carbocycles. The van der Waals surface area contributed by atoms with Crippen LogP contribution in [0.1, 0.15) is 12.7 Å². The maximum Gasteiger partial charge on any atom is 0.131 e. The third-order valence-electron chi connectivity index (χ3n) is 3.16. The van der Waals surface area contributed by atoms with Gasteiger partial charge in [0.2, 0.25) is 0 Å². The van der Waals surface area contributed by atoms with Crippen LogP contribution in [0.5, 0.6) is 0 Å². The first-order valence-electron chi connectivity index (χ1n) is 6.32. The number of rotatable bonds is 3. The molecule has 1 N–H and O–H groups in total. The summed E-state index contributed by atoms with van der Waals surface area (Å²) < 4.78 is 2.20. The summed E-state index contributed by atoms with van der Waals surface area (Å²) in [6, 6.07) is 6.10. The van der Waals surface area contributed by atoms with Gasteiger partial charge in [0.1, 0.15) is 17.5 Å². The Bertz CT molecular complexity index is 534. The van der Waals surface area contributed by atoms with E-state index in [1.54, 1.807) is 0 Å². The van der Waals surface area contributed by atoms with Crippen LogP contribution in [0.15, 0.2) is 30.6 Å². The third kappa shape index (κ3) is 2.03. The molecule has 0 amide bonds. The Hall–Kier alpha value is -2.04. The van der Waals surface area contributed by atoms with Crippen molar-refractivity contribution >= 4 is 11.6 Å². The van der Waals surface area contributed by atoms with Crippen molar-refractivity contribution in [1.29, 1.82) is 0 Å². The molecule has 2 aromatic rings. The summed E-state index contributed by atoms with van der Waals surface area (Å²) >= 11 is 0. The quantitative estimate of drug-likeness (QED) is 0.891. The van der Waals surface area contributed by atoms with E-state index in [1.165, 1.54) is 0 Å². The lowest BCUT2D eigenvalue weighted by atomic mass is 10.3. The third-order valence-corrected chi connectivity index (χ3v) is 3.16. The summed E-state index contributed by atoms with van der Waals surface area (Å²) in [6.45, 7) is 5.75. The Morgan fingerprint density at radius 2 is 2.28 bits per heavy atom. The van der Waals surface area contributed by atoms with Crippen molar-refractivity contribution in [2.24, 2.45) is 0 Å². The van der Waals surface area contributed by atoms with E-state index in [0.717, 1.165) is 43.6 Å². The molecular formula is C13H17N5. The molecule has 1 aliphatic rings. The topological polar surface area (TPSA) is 46.0 Å². The molecule has 5 nitrogen and oxygen atoms in total. The van der Waals surface area contributed by atoms with Crippen molar-refractivity contribution in [2.75, 3.05) is 23.3 Å². The number of nitrogens with zero attached hydrogens (tertiary/aromatic N) is 4. The second kappa shape index (κ2) is 4.68. The van der Waals surface area contributed by atoms with Crippen LogP contribution in [-0.4, -0.2) is 27.6 Å². The minimum Gasteiger partial charge on any atom is -0.370 e. The highest BCUT2D eigenvalue weighted by atomic mass is 15.3. The van der Waals surface area contributed by atoms with E-state index in [9.17, 15) is 0 Å². The molecule has 0 spiro atoms. The van der Waals surface area contributed by atoms with E-state index < -0.39 is 0 Å². The van der Waals surface area contributed by atoms with Crippen LogP contribution in [0.3, 0.4) is 0 Å². The van der Waals surface area contributed by atoms with Crippen LogP contribution >= 0.6 is 0 Å². The highest BCUT2D eigenvalue weighted by molar-refractivity contribution is 5.47. The lowest BCUT2D eigenvalue weighted by Gasteiger charge is -2.28. The molecule has 0 saturated carbocycles. The zero-order chi connectivity index (χ0) is 12.4. The van der Waals surface area contributed by atoms with E-state index in [2.05, 4.69) is 37.7 Å². The maximum absolute atomic E-state index is 4.62. The molecule has 0 bridgehead atoms. The van der Waals surface area contributed by atoms with Crippen molar-refractivity contribution in [3.63, 3.8) is 0 Å². The average Bonchev–Trinajstić information content (AvgIpc) is 2.86. The SMILES string of the molecule is CCNc1cccc(N2CCn3ccnc3C2)n1. The lowest BCUT2D eigenvalue weighted by Crippen LogP contribution is -2.34. The largest absolute Gasteiger partial charge is 0.370 e. The van der Waals surface area contributed by atoms with E-state index in [-0.39, 0.29) is 0 Å². The number of imidazole rings is 1. The Kier molecular flexibility index (Phi) is 2.88. The maximum atomic E-state index is 4.62. The highest BCUT2D eigenvalue weighted by Crippen LogP contribution is 2.19. The zero-order valence-corrected chi connectivity index (χ0v) is 10.5. The first-order valence-corrected chi connectivity index (χ1v) is 6.32. The molecule has 3 heterocycles. The average molecular weight is 243 g/mol. The van der Waals surface area contributed by atoms with Crippen LogP contribution in [0.2, 0.25) is 0 Å². The summed E-state index contributed by atoms with van der Waals surface area (Å²) in [5.74, 6) is 3.06. The van der Waals surface area contributed by atoms with Crippen LogP contribution in [-0.2, 0) is 13.1 Å². The summed E-state index contributed by atoms with van der Waals surface area (Å²) in [4.78, 5) is 11.3. The van der Waals surface area contributed by atoms with Gasteiger partial charge in [-0.25, -0.2) is 9.97 Å². The fraction of sp³-hybridized carbons (Fsp3) is 0.385. The molecule has 0 aromatic carbocycles. The van der Waals surface area contributed by atoms with Crippen LogP contribution in [0, 0.1) is 0 Å². The predicted molar refractivity (Wildman–Crippen MR) is 71.7 cm³/mol. The van der Waals surface area contributed by atoms with Crippen molar-refractivity contribution in [3.8, 4) is 0 Å². The number of nitrogens with one attached hydrogen (secondary N) is 1. The van der Waals surface area contributed by atoms with Crippen LogP contribution in [0.25, 0.3) is 0 Å². The lowest BCUT2D eigenvalue weighted by molar-refractivity contribution is 0.556. The predicted octanol–water partition coefficient (Wildman–Crippen LogP) is 1.73. The van der Waals surface area contributed by atoms with Crippen LogP contribution in [0.4, 0.5) is 11.6 Å². The van der Waals surface area contributed by atoms with Gasteiger partial charge in [-0.3, -0.25) is 0 Å². The normalized spacial score (nSPS) is 14.4. The second-order valence-electron chi connectivity index (χ2n) is 4.37. The standard InChI is InChI=1S/C13H17N5/c1-2-14-11-4-3-5-12(16-11)18-9-8-17-7-6-15-13(17)10-18/h3-7H,2,8-10H2,1H3,(H,14,16). The molecule has 18 heavy (non-hydrogen) atoms. The minimum atomic E-state index is 0.829. The van der Waals surface area contributed by atoms with Gasteiger partial charge in [-0.1, -0.05) is 6.07 Å². The number of hydrogen-bond donors (Lipinski definition) is 1. The summed E-state index contributed by atoms with van der Waals surface area (Å²) in [7, 11) is 0. The fourth-order valence-corrected chi connectivity index (χ4v) is 2.25. The van der Waals surface area contributed by atoms with E-state index >= 15 is 0 Å². The molecule has 0 radical (unpaired) electrons. The summed E-state index contributed by atoms with van der Waals surface area (Å²) in [5, 5.41) is 3.24. The Labute approximate surface area is 106 Å². The number of fused-ring (bicyclic) bond motifs is 1. The molecule has 94 valence electrons. The highest BCUT2D eigenvalue weighted by Gasteiger charge is 2.17. The summed E-state index contributed by atoms with van der Waals surface area (Å²) in [5.41, 5.74) is 0. The van der Waals surface area contributed by atoms with Gasteiger partial charge in [-0.2, -0.15) is 0 Å². The number of hydrogen-bond acceptors (Lipinski definition) is 4. The van der Waals surface area contributed by atoms with Gasteiger partial charge >= 0.3 is 0 Å². The van der Waals surface area contributed by atoms with Gasteiger partial charge < -0.3 is 14.8 Å². The minimum absolute atomic E-state index is 0.829. The molecule has 0 unspecified atom stereocenters.